The van der Waals surface area contributed by atoms with Crippen LogP contribution in [0.4, 0.5) is 4.79 Å². The van der Waals surface area contributed by atoms with E-state index < -0.39 is 6.09 Å². The van der Waals surface area contributed by atoms with Crippen molar-refractivity contribution in [3.63, 3.8) is 0 Å². The summed E-state index contributed by atoms with van der Waals surface area (Å²) < 4.78 is 4.18. The third-order valence-electron chi connectivity index (χ3n) is 0.497. The molecule has 0 bridgehead atoms. The van der Waals surface area contributed by atoms with Gasteiger partial charge in [0.25, 0.3) is 0 Å². The average Bonchev–Trinajstić information content (AvgIpc) is 1.89. The summed E-state index contributed by atoms with van der Waals surface area (Å²) in [4.78, 5) is 20.5. The van der Waals surface area contributed by atoms with Gasteiger partial charge in [-0.15, -0.1) is 0 Å². The quantitative estimate of drug-likeness (QED) is 0.572. The van der Waals surface area contributed by atoms with Gasteiger partial charge in [-0.05, 0) is 6.92 Å². The first-order chi connectivity index (χ1) is 5.04. The number of nitrogens with zero attached hydrogens (tertiary/aromatic N) is 1. The minimum absolute atomic E-state index is 0.356. The van der Waals surface area contributed by atoms with Gasteiger partial charge in [0, 0.05) is 14.1 Å². The molecule has 0 saturated heterocycles. The van der Waals surface area contributed by atoms with E-state index in [4.69, 9.17) is 0 Å². The first-order valence-electron chi connectivity index (χ1n) is 3.08. The van der Waals surface area contributed by atoms with Crippen LogP contribution >= 0.6 is 0 Å². The van der Waals surface area contributed by atoms with Crippen molar-refractivity contribution in [2.24, 2.45) is 5.73 Å². The van der Waals surface area contributed by atoms with Gasteiger partial charge in [0.15, 0.2) is 0 Å². The van der Waals surface area contributed by atoms with E-state index in [9.17, 15) is 9.59 Å². The predicted molar refractivity (Wildman–Crippen MR) is 41.0 cm³/mol. The van der Waals surface area contributed by atoms with Crippen molar-refractivity contribution < 1.29 is 14.3 Å². The van der Waals surface area contributed by atoms with Crippen LogP contribution in [0, 0.1) is 0 Å². The first kappa shape index (κ1) is 12.4. The first-order valence-corrected chi connectivity index (χ1v) is 3.08. The van der Waals surface area contributed by atoms with Crippen LogP contribution in [0.3, 0.4) is 0 Å². The molecule has 0 aliphatic carbocycles. The molecule has 0 unspecified atom stereocenters. The number of hydrogen-bond acceptors (Lipinski definition) is 3. The van der Waals surface area contributed by atoms with Gasteiger partial charge in [-0.2, -0.15) is 0 Å². The fourth-order valence-electron chi connectivity index (χ4n) is 0.142. The lowest BCUT2D eigenvalue weighted by Crippen LogP contribution is -2.11. The van der Waals surface area contributed by atoms with Crippen LogP contribution in [-0.2, 0) is 9.53 Å². The number of amides is 2. The van der Waals surface area contributed by atoms with E-state index in [2.05, 4.69) is 10.5 Å². The second kappa shape index (κ2) is 8.74. The molecule has 66 valence electrons. The maximum Gasteiger partial charge on any atom is 0.404 e. The molecule has 5 heteroatoms. The minimum atomic E-state index is -0.711. The maximum absolute atomic E-state index is 9.60. The lowest BCUT2D eigenvalue weighted by atomic mass is 10.9. The van der Waals surface area contributed by atoms with Crippen LogP contribution in [0.15, 0.2) is 0 Å². The second-order valence-corrected chi connectivity index (χ2v) is 1.82. The number of carbonyl (C=O) groups excluding carboxylic acids is 2. The third-order valence-corrected chi connectivity index (χ3v) is 0.497. The summed E-state index contributed by atoms with van der Waals surface area (Å²) >= 11 is 0. The van der Waals surface area contributed by atoms with Crippen LogP contribution in [0.2, 0.25) is 0 Å². The Hall–Kier alpha value is -1.26. The Bertz CT molecular complexity index is 114. The monoisotopic (exact) mass is 162 g/mol. The molecule has 0 aliphatic rings. The van der Waals surface area contributed by atoms with Crippen LogP contribution in [0.1, 0.15) is 6.92 Å². The molecule has 0 radical (unpaired) electrons. The van der Waals surface area contributed by atoms with E-state index in [0.29, 0.717) is 6.61 Å². The molecule has 0 heterocycles. The average molecular weight is 162 g/mol. The number of carbonyl (C=O) groups is 2. The standard InChI is InChI=1S/C3H7NO2.C3H7NO/c1-2-6-3(4)5;1-4(2)3-5/h2H2,1H3,(H2,4,5);3H,1-2H3. The van der Waals surface area contributed by atoms with Crippen LogP contribution in [0.25, 0.3) is 0 Å². The summed E-state index contributed by atoms with van der Waals surface area (Å²) in [5.41, 5.74) is 4.54. The van der Waals surface area contributed by atoms with E-state index >= 15 is 0 Å². The smallest absolute Gasteiger partial charge is 0.404 e. The minimum Gasteiger partial charge on any atom is -0.450 e. The molecule has 0 aromatic rings. The Morgan fingerprint density at radius 1 is 1.64 bits per heavy atom. The van der Waals surface area contributed by atoms with E-state index in [-0.39, 0.29) is 0 Å². The van der Waals surface area contributed by atoms with Crippen molar-refractivity contribution in [3.8, 4) is 0 Å². The summed E-state index contributed by atoms with van der Waals surface area (Å²) in [6.45, 7) is 2.06. The Balaban J connectivity index is 0. The summed E-state index contributed by atoms with van der Waals surface area (Å²) in [6, 6.07) is 0. The lowest BCUT2D eigenvalue weighted by molar-refractivity contribution is -0.115. The molecule has 2 amide bonds. The SMILES string of the molecule is CCOC(N)=O.CN(C)C=O. The van der Waals surface area contributed by atoms with Gasteiger partial charge in [-0.1, -0.05) is 0 Å². The molecule has 0 spiro atoms. The highest BCUT2D eigenvalue weighted by Gasteiger charge is 1.82. The molecule has 0 aromatic heterocycles. The highest BCUT2D eigenvalue weighted by atomic mass is 16.5. The van der Waals surface area contributed by atoms with Gasteiger partial charge in [-0.25, -0.2) is 4.79 Å². The normalized spacial score (nSPS) is 7.18. The van der Waals surface area contributed by atoms with Crippen molar-refractivity contribution in [2.45, 2.75) is 6.92 Å². The maximum atomic E-state index is 9.60. The van der Waals surface area contributed by atoms with Gasteiger partial charge in [0.1, 0.15) is 0 Å². The Kier molecular flexibility index (Phi) is 9.87. The van der Waals surface area contributed by atoms with E-state index in [1.165, 1.54) is 4.90 Å². The Morgan fingerprint density at radius 3 is 2.00 bits per heavy atom. The van der Waals surface area contributed by atoms with Gasteiger partial charge in [0.2, 0.25) is 6.41 Å². The highest BCUT2D eigenvalue weighted by molar-refractivity contribution is 5.64. The summed E-state index contributed by atoms with van der Waals surface area (Å²) in [5, 5.41) is 0. The van der Waals surface area contributed by atoms with E-state index in [1.807, 2.05) is 0 Å². The zero-order valence-corrected chi connectivity index (χ0v) is 7.03. The predicted octanol–water partition coefficient (Wildman–Crippen LogP) is -0.194. The molecular weight excluding hydrogens is 148 g/mol. The Labute approximate surface area is 66.1 Å². The molecule has 0 aliphatic heterocycles. The lowest BCUT2D eigenvalue weighted by Gasteiger charge is -1.93. The molecule has 0 rings (SSSR count). The molecule has 2 N–H and O–H groups in total. The van der Waals surface area contributed by atoms with Crippen molar-refractivity contribution in [3.05, 3.63) is 0 Å². The molecule has 0 aromatic carbocycles. The summed E-state index contributed by atoms with van der Waals surface area (Å²) in [6.07, 6.45) is 0.0394. The van der Waals surface area contributed by atoms with Crippen molar-refractivity contribution in [1.29, 1.82) is 0 Å². The van der Waals surface area contributed by atoms with Crippen LogP contribution < -0.4 is 5.73 Å². The zero-order chi connectivity index (χ0) is 9.28. The Morgan fingerprint density at radius 2 is 2.00 bits per heavy atom. The van der Waals surface area contributed by atoms with Crippen molar-refractivity contribution >= 4 is 12.5 Å². The van der Waals surface area contributed by atoms with Gasteiger partial charge < -0.3 is 15.4 Å². The van der Waals surface area contributed by atoms with Crippen molar-refractivity contribution in [2.75, 3.05) is 20.7 Å². The molecule has 5 nitrogen and oxygen atoms in total. The molecular formula is C6H14N2O3. The van der Waals surface area contributed by atoms with E-state index in [0.717, 1.165) is 6.41 Å². The van der Waals surface area contributed by atoms with Gasteiger partial charge in [0.05, 0.1) is 6.61 Å². The highest BCUT2D eigenvalue weighted by Crippen LogP contribution is 1.66. The fourth-order valence-corrected chi connectivity index (χ4v) is 0.142. The van der Waals surface area contributed by atoms with Gasteiger partial charge in [-0.3, -0.25) is 4.79 Å². The molecule has 0 saturated carbocycles. The number of primary amides is 1. The van der Waals surface area contributed by atoms with E-state index in [1.54, 1.807) is 21.0 Å². The topological polar surface area (TPSA) is 72.6 Å². The fraction of sp³-hybridized carbons (Fsp3) is 0.667. The number of hydrogen-bond donors (Lipinski definition) is 1. The van der Waals surface area contributed by atoms with Crippen LogP contribution in [0.5, 0.6) is 0 Å². The zero-order valence-electron chi connectivity index (χ0n) is 7.03. The number of nitrogens with two attached hydrogens (primary N) is 1. The summed E-state index contributed by atoms with van der Waals surface area (Å²) in [5.74, 6) is 0. The molecule has 0 atom stereocenters. The number of ether oxygens (including phenoxy) is 1. The number of rotatable bonds is 2. The third kappa shape index (κ3) is 28.4. The van der Waals surface area contributed by atoms with Crippen molar-refractivity contribution in [1.82, 2.24) is 4.90 Å². The molecule has 11 heavy (non-hydrogen) atoms. The molecule has 0 fully saturated rings. The largest absolute Gasteiger partial charge is 0.450 e. The van der Waals surface area contributed by atoms with Crippen LogP contribution in [-0.4, -0.2) is 38.1 Å². The summed E-state index contributed by atoms with van der Waals surface area (Å²) in [7, 11) is 3.38. The second-order valence-electron chi connectivity index (χ2n) is 1.82. The van der Waals surface area contributed by atoms with Gasteiger partial charge >= 0.3 is 6.09 Å².